The lowest BCUT2D eigenvalue weighted by molar-refractivity contribution is -0.140. The summed E-state index contributed by atoms with van der Waals surface area (Å²) in [4.78, 5) is 16.7. The summed E-state index contributed by atoms with van der Waals surface area (Å²) in [5.41, 5.74) is 0.328. The van der Waals surface area contributed by atoms with Gasteiger partial charge >= 0.3 is 6.18 Å². The Balaban J connectivity index is 1.91. The number of thiophene rings is 1. The van der Waals surface area contributed by atoms with E-state index >= 15 is 0 Å². The largest absolute Gasteiger partial charge is 0.433 e. The van der Waals surface area contributed by atoms with Crippen molar-refractivity contribution in [2.75, 3.05) is 5.32 Å². The fourth-order valence-electron chi connectivity index (χ4n) is 2.42. The number of halogens is 3. The van der Waals surface area contributed by atoms with E-state index in [0.717, 1.165) is 23.1 Å². The van der Waals surface area contributed by atoms with Gasteiger partial charge in [0, 0.05) is 22.6 Å². The second-order valence-electron chi connectivity index (χ2n) is 6.97. The molecule has 1 amide bonds. The maximum Gasteiger partial charge on any atom is 0.433 e. The molecule has 0 aliphatic heterocycles. The molecule has 0 spiro atoms. The average Bonchev–Trinajstić information content (AvgIpc) is 3.11. The number of carbonyl (C=O) groups is 1. The van der Waals surface area contributed by atoms with Gasteiger partial charge in [-0.2, -0.15) is 18.3 Å². The Bertz CT molecular complexity index is 982. The molecule has 9 heteroatoms. The highest BCUT2D eigenvalue weighted by Gasteiger charge is 2.33. The zero-order valence-corrected chi connectivity index (χ0v) is 15.4. The van der Waals surface area contributed by atoms with Crippen molar-refractivity contribution < 1.29 is 18.0 Å². The molecule has 0 aliphatic carbocycles. The van der Waals surface area contributed by atoms with E-state index in [4.69, 9.17) is 0 Å². The number of fused-ring (bicyclic) bond motifs is 1. The van der Waals surface area contributed by atoms with Gasteiger partial charge in [0.1, 0.15) is 10.5 Å². The molecule has 5 nitrogen and oxygen atoms in total. The van der Waals surface area contributed by atoms with Crippen molar-refractivity contribution in [1.82, 2.24) is 15.2 Å². The third kappa shape index (κ3) is 3.44. The fraction of sp³-hybridized carbons (Fsp3) is 0.353. The number of rotatable bonds is 2. The summed E-state index contributed by atoms with van der Waals surface area (Å²) in [5, 5.41) is 10.1. The molecule has 3 heterocycles. The van der Waals surface area contributed by atoms with Crippen LogP contribution >= 0.6 is 11.3 Å². The van der Waals surface area contributed by atoms with Crippen molar-refractivity contribution in [2.45, 2.75) is 39.3 Å². The number of hydrogen-bond acceptors (Lipinski definition) is 4. The van der Waals surface area contributed by atoms with E-state index in [0.29, 0.717) is 21.6 Å². The van der Waals surface area contributed by atoms with Crippen molar-refractivity contribution in [1.29, 1.82) is 0 Å². The first-order valence-electron chi connectivity index (χ1n) is 7.81. The number of anilines is 1. The minimum Gasteiger partial charge on any atom is -0.304 e. The SMILES string of the molecule is Cc1c(C(=O)Nc2cc(C(C)(C)C)[nH]n2)sc2nc(C(F)(F)F)ccc12. The Hall–Kier alpha value is -2.42. The number of hydrogen-bond donors (Lipinski definition) is 2. The number of carbonyl (C=O) groups excluding carboxylic acids is 1. The lowest BCUT2D eigenvalue weighted by Gasteiger charge is -2.14. The van der Waals surface area contributed by atoms with Gasteiger partial charge in [-0.05, 0) is 24.6 Å². The number of nitrogens with one attached hydrogen (secondary N) is 2. The lowest BCUT2D eigenvalue weighted by atomic mass is 9.92. The van der Waals surface area contributed by atoms with Gasteiger partial charge in [0.15, 0.2) is 5.82 Å². The molecule has 26 heavy (non-hydrogen) atoms. The number of nitrogens with zero attached hydrogens (tertiary/aromatic N) is 2. The van der Waals surface area contributed by atoms with Crippen molar-refractivity contribution >= 4 is 33.3 Å². The van der Waals surface area contributed by atoms with Crippen LogP contribution in [0.1, 0.15) is 47.4 Å². The highest BCUT2D eigenvalue weighted by molar-refractivity contribution is 7.20. The standard InChI is InChI=1S/C17H17F3N4OS/c1-8-9-5-6-10(17(18,19)20)21-15(9)26-13(8)14(25)22-12-7-11(23-24-12)16(2,3)4/h5-7H,1-4H3,(H2,22,23,24,25). The topological polar surface area (TPSA) is 70.7 Å². The van der Waals surface area contributed by atoms with Crippen LogP contribution in [0.5, 0.6) is 0 Å². The van der Waals surface area contributed by atoms with E-state index in [1.807, 2.05) is 20.8 Å². The number of aromatic amines is 1. The monoisotopic (exact) mass is 382 g/mol. The molecule has 0 atom stereocenters. The molecule has 0 saturated heterocycles. The third-order valence-corrected chi connectivity index (χ3v) is 5.13. The fourth-order valence-corrected chi connectivity index (χ4v) is 3.49. The maximum absolute atomic E-state index is 12.8. The molecule has 0 saturated carbocycles. The van der Waals surface area contributed by atoms with Gasteiger partial charge in [-0.1, -0.05) is 20.8 Å². The van der Waals surface area contributed by atoms with E-state index in [1.54, 1.807) is 13.0 Å². The number of amides is 1. The van der Waals surface area contributed by atoms with Crippen LogP contribution in [0, 0.1) is 6.92 Å². The van der Waals surface area contributed by atoms with E-state index in [2.05, 4.69) is 20.5 Å². The van der Waals surface area contributed by atoms with Crippen LogP contribution in [-0.4, -0.2) is 21.1 Å². The number of alkyl halides is 3. The third-order valence-electron chi connectivity index (χ3n) is 3.93. The summed E-state index contributed by atoms with van der Waals surface area (Å²) in [7, 11) is 0. The first kappa shape index (κ1) is 18.4. The molecule has 0 unspecified atom stereocenters. The number of pyridine rings is 1. The van der Waals surface area contributed by atoms with Crippen LogP contribution in [0.4, 0.5) is 19.0 Å². The van der Waals surface area contributed by atoms with Gasteiger partial charge < -0.3 is 5.32 Å². The predicted octanol–water partition coefficient (Wildman–Crippen LogP) is 4.90. The van der Waals surface area contributed by atoms with Gasteiger partial charge in [0.2, 0.25) is 0 Å². The van der Waals surface area contributed by atoms with Gasteiger partial charge in [-0.3, -0.25) is 9.89 Å². The van der Waals surface area contributed by atoms with Crippen LogP contribution in [0.3, 0.4) is 0 Å². The molecule has 0 radical (unpaired) electrons. The number of H-pyrrole nitrogens is 1. The average molecular weight is 382 g/mol. The van der Waals surface area contributed by atoms with Gasteiger partial charge in [0.05, 0.1) is 4.88 Å². The maximum atomic E-state index is 12.8. The van der Waals surface area contributed by atoms with Crippen LogP contribution < -0.4 is 5.32 Å². The zero-order chi connectivity index (χ0) is 19.3. The molecule has 3 aromatic heterocycles. The van der Waals surface area contributed by atoms with Crippen LogP contribution in [-0.2, 0) is 11.6 Å². The van der Waals surface area contributed by atoms with Crippen molar-refractivity contribution in [2.24, 2.45) is 0 Å². The highest BCUT2D eigenvalue weighted by Crippen LogP contribution is 2.34. The van der Waals surface area contributed by atoms with Crippen LogP contribution in [0.15, 0.2) is 18.2 Å². The number of aryl methyl sites for hydroxylation is 1. The lowest BCUT2D eigenvalue weighted by Crippen LogP contribution is -2.12. The van der Waals surface area contributed by atoms with Gasteiger partial charge in [-0.15, -0.1) is 11.3 Å². The first-order valence-corrected chi connectivity index (χ1v) is 8.63. The molecule has 138 valence electrons. The Labute approximate surface area is 151 Å². The smallest absolute Gasteiger partial charge is 0.304 e. The van der Waals surface area contributed by atoms with Crippen LogP contribution in [0.25, 0.3) is 10.2 Å². The first-order chi connectivity index (χ1) is 12.0. The van der Waals surface area contributed by atoms with E-state index in [1.165, 1.54) is 6.07 Å². The van der Waals surface area contributed by atoms with Crippen molar-refractivity contribution in [3.8, 4) is 0 Å². The van der Waals surface area contributed by atoms with Crippen LogP contribution in [0.2, 0.25) is 0 Å². The minimum absolute atomic E-state index is 0.151. The van der Waals surface area contributed by atoms with E-state index < -0.39 is 17.8 Å². The summed E-state index contributed by atoms with van der Waals surface area (Å²) in [6, 6.07) is 4.01. The molecule has 3 aromatic rings. The van der Waals surface area contributed by atoms with Gasteiger partial charge in [-0.25, -0.2) is 4.98 Å². The van der Waals surface area contributed by atoms with Crippen molar-refractivity contribution in [3.63, 3.8) is 0 Å². The summed E-state index contributed by atoms with van der Waals surface area (Å²) < 4.78 is 38.5. The molecule has 0 fully saturated rings. The minimum atomic E-state index is -4.52. The summed E-state index contributed by atoms with van der Waals surface area (Å²) in [6.45, 7) is 7.71. The van der Waals surface area contributed by atoms with Gasteiger partial charge in [0.25, 0.3) is 5.91 Å². The molecule has 2 N–H and O–H groups in total. The summed E-state index contributed by atoms with van der Waals surface area (Å²) in [5.74, 6) is -0.0632. The zero-order valence-electron chi connectivity index (χ0n) is 14.6. The molecule has 0 bridgehead atoms. The Morgan fingerprint density at radius 1 is 1.23 bits per heavy atom. The number of aromatic nitrogens is 3. The Morgan fingerprint density at radius 2 is 1.92 bits per heavy atom. The Morgan fingerprint density at radius 3 is 2.50 bits per heavy atom. The van der Waals surface area contributed by atoms with E-state index in [9.17, 15) is 18.0 Å². The predicted molar refractivity (Wildman–Crippen MR) is 94.6 cm³/mol. The summed E-state index contributed by atoms with van der Waals surface area (Å²) in [6.07, 6.45) is -4.52. The van der Waals surface area contributed by atoms with E-state index in [-0.39, 0.29) is 10.2 Å². The normalized spacial score (nSPS) is 12.6. The quantitative estimate of drug-likeness (QED) is 0.662. The second kappa shape index (κ2) is 6.08. The molecule has 3 rings (SSSR count). The summed E-state index contributed by atoms with van der Waals surface area (Å²) >= 11 is 0.933. The van der Waals surface area contributed by atoms with Crippen molar-refractivity contribution in [3.05, 3.63) is 40.0 Å². The molecular formula is C17H17F3N4OS. The molecular weight excluding hydrogens is 365 g/mol. The molecule has 0 aliphatic rings. The Kier molecular flexibility index (Phi) is 4.30. The highest BCUT2D eigenvalue weighted by atomic mass is 32.1. The molecule has 0 aromatic carbocycles. The second-order valence-corrected chi connectivity index (χ2v) is 7.97.